The number of ether oxygens (including phenoxy) is 1. The van der Waals surface area contributed by atoms with Gasteiger partial charge < -0.3 is 9.64 Å². The van der Waals surface area contributed by atoms with E-state index >= 15 is 0 Å². The van der Waals surface area contributed by atoms with Gasteiger partial charge in [-0.3, -0.25) is 4.79 Å². The number of rotatable bonds is 10. The zero-order valence-electron chi connectivity index (χ0n) is 21.0. The van der Waals surface area contributed by atoms with Gasteiger partial charge >= 0.3 is 0 Å². The molecule has 35 heavy (non-hydrogen) atoms. The van der Waals surface area contributed by atoms with Crippen LogP contribution < -0.4 is 9.75 Å². The molecule has 0 saturated carbocycles. The van der Waals surface area contributed by atoms with E-state index in [1.807, 2.05) is 71.7 Å². The first-order valence-corrected chi connectivity index (χ1v) is 12.6. The van der Waals surface area contributed by atoms with Crippen molar-refractivity contribution in [3.05, 3.63) is 94.5 Å². The van der Waals surface area contributed by atoms with Gasteiger partial charge in [0.1, 0.15) is 11.2 Å². The maximum Gasteiger partial charge on any atom is 0.256 e. The molecule has 0 aromatic heterocycles. The molecule has 4 rings (SSSR count). The molecular formula is C29H34ClN3O2. The van der Waals surface area contributed by atoms with Crippen molar-refractivity contribution >= 4 is 23.2 Å². The number of amides is 1. The molecule has 6 heteroatoms. The van der Waals surface area contributed by atoms with Gasteiger partial charge in [0.25, 0.3) is 5.91 Å². The second-order valence-corrected chi connectivity index (χ2v) is 9.39. The lowest BCUT2D eigenvalue weighted by molar-refractivity contribution is -0.125. The molecule has 5 nitrogen and oxygen atoms in total. The Balaban J connectivity index is 1.79. The van der Waals surface area contributed by atoms with Crippen molar-refractivity contribution in [1.82, 2.24) is 9.91 Å². The van der Waals surface area contributed by atoms with Gasteiger partial charge in [0, 0.05) is 24.2 Å². The number of hydrogen-bond donors (Lipinski definition) is 0. The van der Waals surface area contributed by atoms with Crippen LogP contribution in [-0.2, 0) is 16.8 Å². The predicted octanol–water partition coefficient (Wildman–Crippen LogP) is 5.76. The van der Waals surface area contributed by atoms with E-state index in [2.05, 4.69) is 36.9 Å². The molecule has 0 N–H and O–H groups in total. The molecule has 1 atom stereocenters. The highest BCUT2D eigenvalue weighted by Gasteiger charge is 2.53. The summed E-state index contributed by atoms with van der Waals surface area (Å²) in [6.45, 7) is 7.56. The van der Waals surface area contributed by atoms with Gasteiger partial charge in [-0.25, -0.2) is 10.0 Å². The van der Waals surface area contributed by atoms with Crippen LogP contribution in [0.3, 0.4) is 0 Å². The fourth-order valence-electron chi connectivity index (χ4n) is 5.20. The molecule has 1 amide bonds. The van der Waals surface area contributed by atoms with Crippen LogP contribution in [0.1, 0.15) is 37.0 Å². The minimum absolute atomic E-state index is 0.0700. The van der Waals surface area contributed by atoms with Crippen LogP contribution in [0.4, 0.5) is 5.69 Å². The second-order valence-electron chi connectivity index (χ2n) is 8.95. The van der Waals surface area contributed by atoms with Crippen LogP contribution >= 0.6 is 11.6 Å². The molecule has 0 saturated heterocycles. The fourth-order valence-corrected chi connectivity index (χ4v) is 5.40. The number of carbonyl (C=O) groups excluding carboxylic acids is 1. The topological polar surface area (TPSA) is 36.0 Å². The van der Waals surface area contributed by atoms with Crippen molar-refractivity contribution in [2.24, 2.45) is 0 Å². The number of anilines is 1. The molecule has 1 aliphatic rings. The Labute approximate surface area is 213 Å². The molecule has 0 radical (unpaired) electrons. The van der Waals surface area contributed by atoms with E-state index < -0.39 is 5.41 Å². The SMILES string of the molecule is CCN(CC)CCC1(c2ccccc2)C(=O)N(N(C)Cc2cc(Cl)ccc2OC)c2ccccc21. The Morgan fingerprint density at radius 2 is 1.66 bits per heavy atom. The lowest BCUT2D eigenvalue weighted by atomic mass is 9.72. The average Bonchev–Trinajstić information content (AvgIpc) is 3.14. The normalized spacial score (nSPS) is 17.3. The molecule has 1 aliphatic heterocycles. The van der Waals surface area contributed by atoms with E-state index in [1.54, 1.807) is 7.11 Å². The summed E-state index contributed by atoms with van der Waals surface area (Å²) in [4.78, 5) is 16.9. The molecule has 3 aromatic carbocycles. The van der Waals surface area contributed by atoms with Gasteiger partial charge in [-0.2, -0.15) is 0 Å². The molecule has 1 unspecified atom stereocenters. The maximum absolute atomic E-state index is 14.5. The molecule has 3 aromatic rings. The summed E-state index contributed by atoms with van der Waals surface area (Å²) in [6, 6.07) is 24.0. The van der Waals surface area contributed by atoms with Crippen LogP contribution in [0.5, 0.6) is 5.75 Å². The molecule has 184 valence electrons. The van der Waals surface area contributed by atoms with Crippen molar-refractivity contribution in [1.29, 1.82) is 0 Å². The first-order chi connectivity index (χ1) is 17.0. The van der Waals surface area contributed by atoms with E-state index in [0.717, 1.165) is 47.8 Å². The molecule has 0 aliphatic carbocycles. The molecular weight excluding hydrogens is 458 g/mol. The summed E-state index contributed by atoms with van der Waals surface area (Å²) in [5.74, 6) is 0.817. The number of hydrogen-bond acceptors (Lipinski definition) is 4. The Morgan fingerprint density at radius 1 is 0.971 bits per heavy atom. The van der Waals surface area contributed by atoms with Gasteiger partial charge in [-0.05, 0) is 61.4 Å². The first-order valence-electron chi connectivity index (χ1n) is 12.2. The van der Waals surface area contributed by atoms with Crippen LogP contribution in [0.25, 0.3) is 0 Å². The Hall–Kier alpha value is -2.86. The lowest BCUT2D eigenvalue weighted by Crippen LogP contribution is -2.49. The van der Waals surface area contributed by atoms with E-state index in [-0.39, 0.29) is 5.91 Å². The minimum atomic E-state index is -0.757. The highest BCUT2D eigenvalue weighted by molar-refractivity contribution is 6.30. The van der Waals surface area contributed by atoms with Crippen molar-refractivity contribution in [2.45, 2.75) is 32.2 Å². The number of para-hydroxylation sites is 1. The van der Waals surface area contributed by atoms with Crippen LogP contribution in [0.2, 0.25) is 5.02 Å². The van der Waals surface area contributed by atoms with E-state index in [0.29, 0.717) is 18.0 Å². The van der Waals surface area contributed by atoms with E-state index in [4.69, 9.17) is 16.3 Å². The number of hydrazine groups is 1. The number of methoxy groups -OCH3 is 1. The maximum atomic E-state index is 14.5. The van der Waals surface area contributed by atoms with Crippen LogP contribution in [0, 0.1) is 0 Å². The highest BCUT2D eigenvalue weighted by atomic mass is 35.5. The molecule has 0 spiro atoms. The predicted molar refractivity (Wildman–Crippen MR) is 143 cm³/mol. The van der Waals surface area contributed by atoms with Gasteiger partial charge in [-0.15, -0.1) is 0 Å². The van der Waals surface area contributed by atoms with Gasteiger partial charge in [0.15, 0.2) is 0 Å². The Kier molecular flexibility index (Phi) is 7.80. The summed E-state index contributed by atoms with van der Waals surface area (Å²) >= 11 is 6.29. The third-order valence-electron chi connectivity index (χ3n) is 7.10. The minimum Gasteiger partial charge on any atom is -0.496 e. The second kappa shape index (κ2) is 10.8. The molecule has 0 fully saturated rings. The summed E-state index contributed by atoms with van der Waals surface area (Å²) in [6.07, 6.45) is 0.708. The third-order valence-corrected chi connectivity index (χ3v) is 7.33. The third kappa shape index (κ3) is 4.68. The van der Waals surface area contributed by atoms with Crippen LogP contribution in [0.15, 0.2) is 72.8 Å². The zero-order valence-corrected chi connectivity index (χ0v) is 21.8. The monoisotopic (exact) mass is 491 g/mol. The number of fused-ring (bicyclic) bond motifs is 1. The number of benzene rings is 3. The average molecular weight is 492 g/mol. The van der Waals surface area contributed by atoms with Gasteiger partial charge in [-0.1, -0.05) is 74.0 Å². The standard InChI is InChI=1S/C29H34ClN3O2/c1-5-32(6-2)19-18-29(23-12-8-7-9-13-23)25-14-10-11-15-26(25)33(28(29)34)31(3)21-22-20-24(30)16-17-27(22)35-4/h7-17,20H,5-6,18-19,21H2,1-4H3. The van der Waals surface area contributed by atoms with Gasteiger partial charge in [0.2, 0.25) is 0 Å². The summed E-state index contributed by atoms with van der Waals surface area (Å²) in [5, 5.41) is 4.45. The van der Waals surface area contributed by atoms with E-state index in [9.17, 15) is 4.79 Å². The summed E-state index contributed by atoms with van der Waals surface area (Å²) in [5.41, 5.74) is 3.17. The smallest absolute Gasteiger partial charge is 0.256 e. The zero-order chi connectivity index (χ0) is 25.0. The highest BCUT2D eigenvalue weighted by Crippen LogP contribution is 2.49. The van der Waals surface area contributed by atoms with Crippen molar-refractivity contribution < 1.29 is 9.53 Å². The van der Waals surface area contributed by atoms with Gasteiger partial charge in [0.05, 0.1) is 12.8 Å². The number of carbonyl (C=O) groups is 1. The quantitative estimate of drug-likeness (QED) is 0.361. The molecule has 1 heterocycles. The number of halogens is 1. The molecule has 0 bridgehead atoms. The van der Waals surface area contributed by atoms with Crippen molar-refractivity contribution in [2.75, 3.05) is 38.8 Å². The Morgan fingerprint density at radius 3 is 2.34 bits per heavy atom. The Bertz CT molecular complexity index is 1170. The van der Waals surface area contributed by atoms with Crippen molar-refractivity contribution in [3.63, 3.8) is 0 Å². The van der Waals surface area contributed by atoms with Crippen molar-refractivity contribution in [3.8, 4) is 5.75 Å². The lowest BCUT2D eigenvalue weighted by Gasteiger charge is -2.34. The van der Waals surface area contributed by atoms with Crippen LogP contribution in [-0.4, -0.2) is 49.6 Å². The summed E-state index contributed by atoms with van der Waals surface area (Å²) < 4.78 is 5.57. The van der Waals surface area contributed by atoms with E-state index in [1.165, 1.54) is 0 Å². The largest absolute Gasteiger partial charge is 0.496 e. The first kappa shape index (κ1) is 25.2. The fraction of sp³-hybridized carbons (Fsp3) is 0.345. The number of nitrogens with zero attached hydrogens (tertiary/aromatic N) is 3. The summed E-state index contributed by atoms with van der Waals surface area (Å²) in [7, 11) is 3.59.